The number of rotatable bonds is 7. The number of para-hydroxylation sites is 1. The fourth-order valence-electron chi connectivity index (χ4n) is 3.38. The van der Waals surface area contributed by atoms with Crippen molar-refractivity contribution in [2.75, 3.05) is 13.1 Å². The summed E-state index contributed by atoms with van der Waals surface area (Å²) in [7, 11) is 0. The monoisotopic (exact) mass is 362 g/mol. The largest absolute Gasteiger partial charge is 0.355 e. The minimum Gasteiger partial charge on any atom is -0.355 e. The van der Waals surface area contributed by atoms with Gasteiger partial charge in [0.25, 0.3) is 5.91 Å². The van der Waals surface area contributed by atoms with E-state index in [1.165, 1.54) is 5.56 Å². The number of benzene rings is 2. The summed E-state index contributed by atoms with van der Waals surface area (Å²) in [5.74, 6) is -0.326. The maximum absolute atomic E-state index is 12.3. The van der Waals surface area contributed by atoms with Crippen LogP contribution in [-0.2, 0) is 10.2 Å². The second kappa shape index (κ2) is 7.23. The molecule has 1 aliphatic carbocycles. The van der Waals surface area contributed by atoms with Crippen LogP contribution in [0.15, 0.2) is 54.6 Å². The third kappa shape index (κ3) is 3.69. The van der Waals surface area contributed by atoms with E-state index >= 15 is 0 Å². The van der Waals surface area contributed by atoms with Crippen LogP contribution in [0, 0.1) is 0 Å². The summed E-state index contributed by atoms with van der Waals surface area (Å²) in [4.78, 5) is 24.4. The Labute approximate surface area is 157 Å². The van der Waals surface area contributed by atoms with Gasteiger partial charge in [-0.25, -0.2) is 0 Å². The molecule has 6 heteroatoms. The van der Waals surface area contributed by atoms with Crippen molar-refractivity contribution < 1.29 is 9.59 Å². The van der Waals surface area contributed by atoms with E-state index in [4.69, 9.17) is 0 Å². The average molecular weight is 362 g/mol. The number of amides is 2. The van der Waals surface area contributed by atoms with Gasteiger partial charge in [-0.15, -0.1) is 0 Å². The van der Waals surface area contributed by atoms with E-state index in [1.807, 2.05) is 42.5 Å². The van der Waals surface area contributed by atoms with Crippen molar-refractivity contribution in [1.82, 2.24) is 20.8 Å². The van der Waals surface area contributed by atoms with Crippen molar-refractivity contribution >= 4 is 22.7 Å². The molecule has 2 amide bonds. The van der Waals surface area contributed by atoms with Crippen LogP contribution in [0.3, 0.4) is 0 Å². The van der Waals surface area contributed by atoms with E-state index in [2.05, 4.69) is 33.0 Å². The van der Waals surface area contributed by atoms with E-state index in [1.54, 1.807) is 0 Å². The molecule has 138 valence electrons. The Hall–Kier alpha value is -3.15. The first kappa shape index (κ1) is 17.3. The minimum atomic E-state index is -0.275. The highest BCUT2D eigenvalue weighted by molar-refractivity contribution is 6.04. The number of nitrogens with zero attached hydrogens (tertiary/aromatic N) is 1. The molecular formula is C21H22N4O2. The second-order valence-electron chi connectivity index (χ2n) is 7.05. The standard InChI is InChI=1S/C21H22N4O2/c26-18(23-14-21(11-12-21)15-6-2-1-3-7-15)10-13-22-20(27)19-16-8-4-5-9-17(16)24-25-19/h1-9H,10-14H2,(H,22,27)(H,23,26)(H,24,25). The SMILES string of the molecule is O=C(CCNC(=O)c1n[nH]c2ccccc12)NCC1(c2ccccc2)CC1. The van der Waals surface area contributed by atoms with E-state index in [0.717, 1.165) is 23.7 Å². The van der Waals surface area contributed by atoms with Gasteiger partial charge >= 0.3 is 0 Å². The molecule has 27 heavy (non-hydrogen) atoms. The molecule has 3 N–H and O–H groups in total. The van der Waals surface area contributed by atoms with Gasteiger partial charge in [-0.3, -0.25) is 14.7 Å². The number of hydrogen-bond donors (Lipinski definition) is 3. The number of carbonyl (C=O) groups is 2. The van der Waals surface area contributed by atoms with Crippen LogP contribution in [0.2, 0.25) is 0 Å². The van der Waals surface area contributed by atoms with Gasteiger partial charge in [0.05, 0.1) is 5.52 Å². The van der Waals surface area contributed by atoms with Crippen molar-refractivity contribution in [2.24, 2.45) is 0 Å². The molecule has 0 bridgehead atoms. The zero-order valence-electron chi connectivity index (χ0n) is 15.0. The van der Waals surface area contributed by atoms with Crippen LogP contribution in [-0.4, -0.2) is 35.1 Å². The highest BCUT2D eigenvalue weighted by atomic mass is 16.2. The highest BCUT2D eigenvalue weighted by Gasteiger charge is 2.44. The van der Waals surface area contributed by atoms with E-state index in [9.17, 15) is 9.59 Å². The van der Waals surface area contributed by atoms with Crippen molar-refractivity contribution in [1.29, 1.82) is 0 Å². The van der Waals surface area contributed by atoms with Crippen LogP contribution >= 0.6 is 0 Å². The van der Waals surface area contributed by atoms with Gasteiger partial charge in [-0.2, -0.15) is 5.10 Å². The summed E-state index contributed by atoms with van der Waals surface area (Å²) >= 11 is 0. The van der Waals surface area contributed by atoms with E-state index in [0.29, 0.717) is 12.2 Å². The topological polar surface area (TPSA) is 86.9 Å². The first-order chi connectivity index (χ1) is 13.2. The summed E-state index contributed by atoms with van der Waals surface area (Å²) in [6, 6.07) is 17.8. The van der Waals surface area contributed by atoms with E-state index in [-0.39, 0.29) is 30.2 Å². The molecule has 0 atom stereocenters. The Balaban J connectivity index is 1.25. The first-order valence-corrected chi connectivity index (χ1v) is 9.21. The molecule has 1 aliphatic rings. The minimum absolute atomic E-state index is 0.0515. The van der Waals surface area contributed by atoms with Crippen molar-refractivity contribution in [3.8, 4) is 0 Å². The van der Waals surface area contributed by atoms with Gasteiger partial charge in [0, 0.05) is 30.3 Å². The maximum Gasteiger partial charge on any atom is 0.272 e. The van der Waals surface area contributed by atoms with E-state index < -0.39 is 0 Å². The van der Waals surface area contributed by atoms with Crippen molar-refractivity contribution in [3.63, 3.8) is 0 Å². The fourth-order valence-corrected chi connectivity index (χ4v) is 3.38. The zero-order chi connectivity index (χ0) is 18.7. The smallest absolute Gasteiger partial charge is 0.272 e. The summed E-state index contributed by atoms with van der Waals surface area (Å²) in [5.41, 5.74) is 2.54. The number of aromatic nitrogens is 2. The predicted octanol–water partition coefficient (Wildman–Crippen LogP) is 2.53. The number of aromatic amines is 1. The van der Waals surface area contributed by atoms with Crippen LogP contribution < -0.4 is 10.6 Å². The molecule has 0 radical (unpaired) electrons. The molecule has 0 saturated heterocycles. The normalized spacial score (nSPS) is 14.7. The molecule has 1 heterocycles. The Morgan fingerprint density at radius 3 is 2.52 bits per heavy atom. The Bertz CT molecular complexity index is 960. The highest BCUT2D eigenvalue weighted by Crippen LogP contribution is 2.47. The molecule has 3 aromatic rings. The van der Waals surface area contributed by atoms with Crippen LogP contribution in [0.25, 0.3) is 10.9 Å². The lowest BCUT2D eigenvalue weighted by atomic mass is 9.96. The molecule has 0 unspecified atom stereocenters. The molecule has 1 fully saturated rings. The van der Waals surface area contributed by atoms with Crippen LogP contribution in [0.4, 0.5) is 0 Å². The third-order valence-corrected chi connectivity index (χ3v) is 5.19. The lowest BCUT2D eigenvalue weighted by molar-refractivity contribution is -0.121. The molecule has 1 saturated carbocycles. The molecule has 4 rings (SSSR count). The van der Waals surface area contributed by atoms with Crippen LogP contribution in [0.5, 0.6) is 0 Å². The maximum atomic E-state index is 12.3. The lowest BCUT2D eigenvalue weighted by Gasteiger charge is -2.16. The molecular weight excluding hydrogens is 340 g/mol. The van der Waals surface area contributed by atoms with Gasteiger partial charge in [-0.1, -0.05) is 48.5 Å². The zero-order valence-corrected chi connectivity index (χ0v) is 15.0. The molecule has 0 aliphatic heterocycles. The molecule has 1 aromatic heterocycles. The lowest BCUT2D eigenvalue weighted by Crippen LogP contribution is -2.35. The quantitative estimate of drug-likeness (QED) is 0.604. The summed E-state index contributed by atoms with van der Waals surface area (Å²) in [6.45, 7) is 0.929. The number of H-pyrrole nitrogens is 1. The van der Waals surface area contributed by atoms with Crippen LogP contribution in [0.1, 0.15) is 35.3 Å². The van der Waals surface area contributed by atoms with Gasteiger partial charge in [0.15, 0.2) is 5.69 Å². The number of carbonyl (C=O) groups excluding carboxylic acids is 2. The molecule has 0 spiro atoms. The van der Waals surface area contributed by atoms with Gasteiger partial charge in [0.1, 0.15) is 0 Å². The Morgan fingerprint density at radius 1 is 1.00 bits per heavy atom. The van der Waals surface area contributed by atoms with Gasteiger partial charge in [-0.05, 0) is 24.5 Å². The Morgan fingerprint density at radius 2 is 1.74 bits per heavy atom. The first-order valence-electron chi connectivity index (χ1n) is 9.21. The number of fused-ring (bicyclic) bond motifs is 1. The van der Waals surface area contributed by atoms with Crippen molar-refractivity contribution in [3.05, 3.63) is 65.9 Å². The summed E-state index contributed by atoms with van der Waals surface area (Å²) < 4.78 is 0. The summed E-state index contributed by atoms with van der Waals surface area (Å²) in [6.07, 6.45) is 2.44. The third-order valence-electron chi connectivity index (χ3n) is 5.19. The van der Waals surface area contributed by atoms with Gasteiger partial charge in [0.2, 0.25) is 5.91 Å². The average Bonchev–Trinajstić information content (AvgIpc) is 3.38. The fraction of sp³-hybridized carbons (Fsp3) is 0.286. The second-order valence-corrected chi connectivity index (χ2v) is 7.05. The number of nitrogens with one attached hydrogen (secondary N) is 3. The Kier molecular flexibility index (Phi) is 4.62. The number of hydrogen-bond acceptors (Lipinski definition) is 3. The van der Waals surface area contributed by atoms with Crippen molar-refractivity contribution in [2.45, 2.75) is 24.7 Å². The summed E-state index contributed by atoms with van der Waals surface area (Å²) in [5, 5.41) is 13.5. The van der Waals surface area contributed by atoms with Gasteiger partial charge < -0.3 is 10.6 Å². The molecule has 2 aromatic carbocycles. The molecule has 6 nitrogen and oxygen atoms in total. The predicted molar refractivity (Wildman–Crippen MR) is 103 cm³/mol.